The standard InChI is InChI=1S/C31H24O10/c1-35-16-6-9-21-19(12-16)27(33)20(14-39-21)18-13-25(32)40-22-10-7-17-28(34)24(41-30(17)26(18)22)11-15-5-8-23(36-2)31(38-4)29(15)37-3/h5-12,14,18H,13H2,1-4H3. The predicted molar refractivity (Wildman–Crippen MR) is 147 cm³/mol. The molecule has 0 spiro atoms. The zero-order valence-electron chi connectivity index (χ0n) is 22.6. The summed E-state index contributed by atoms with van der Waals surface area (Å²) < 4.78 is 39.0. The van der Waals surface area contributed by atoms with Gasteiger partial charge in [0.2, 0.25) is 11.5 Å². The normalized spacial score (nSPS) is 16.6. The van der Waals surface area contributed by atoms with Crippen molar-refractivity contribution in [2.45, 2.75) is 12.3 Å². The second-order valence-corrected chi connectivity index (χ2v) is 9.33. The van der Waals surface area contributed by atoms with Gasteiger partial charge in [0.15, 0.2) is 22.7 Å². The Morgan fingerprint density at radius 3 is 2.39 bits per heavy atom. The second-order valence-electron chi connectivity index (χ2n) is 9.33. The van der Waals surface area contributed by atoms with Gasteiger partial charge >= 0.3 is 5.97 Å². The average molecular weight is 557 g/mol. The van der Waals surface area contributed by atoms with E-state index in [0.29, 0.717) is 45.1 Å². The number of allylic oxidation sites excluding steroid dienone is 1. The van der Waals surface area contributed by atoms with Crippen molar-refractivity contribution in [1.82, 2.24) is 0 Å². The molecule has 0 bridgehead atoms. The van der Waals surface area contributed by atoms with Crippen molar-refractivity contribution in [3.8, 4) is 34.5 Å². The lowest BCUT2D eigenvalue weighted by Gasteiger charge is -2.25. The van der Waals surface area contributed by atoms with E-state index in [-0.39, 0.29) is 46.0 Å². The lowest BCUT2D eigenvalue weighted by atomic mass is 9.85. The number of hydrogen-bond donors (Lipinski definition) is 0. The van der Waals surface area contributed by atoms with Crippen molar-refractivity contribution in [3.05, 3.63) is 87.0 Å². The SMILES string of the molecule is COc1ccc2occ(C3CC(=O)Oc4ccc5c(c43)OC(=Cc3ccc(OC)c(OC)c3OC)C5=O)c(=O)c2c1. The highest BCUT2D eigenvalue weighted by molar-refractivity contribution is 6.15. The smallest absolute Gasteiger partial charge is 0.312 e. The number of esters is 1. The minimum Gasteiger partial charge on any atom is -0.497 e. The molecule has 0 amide bonds. The van der Waals surface area contributed by atoms with E-state index in [9.17, 15) is 14.4 Å². The van der Waals surface area contributed by atoms with Crippen molar-refractivity contribution in [2.24, 2.45) is 0 Å². The van der Waals surface area contributed by atoms with E-state index in [4.69, 9.17) is 32.8 Å². The van der Waals surface area contributed by atoms with Crippen LogP contribution >= 0.6 is 0 Å². The van der Waals surface area contributed by atoms with Crippen molar-refractivity contribution in [2.75, 3.05) is 28.4 Å². The lowest BCUT2D eigenvalue weighted by Crippen LogP contribution is -2.25. The van der Waals surface area contributed by atoms with Crippen LogP contribution in [0, 0.1) is 0 Å². The fourth-order valence-corrected chi connectivity index (χ4v) is 5.24. The molecule has 0 saturated carbocycles. The first-order valence-electron chi connectivity index (χ1n) is 12.6. The number of benzene rings is 3. The highest BCUT2D eigenvalue weighted by atomic mass is 16.5. The summed E-state index contributed by atoms with van der Waals surface area (Å²) in [6.45, 7) is 0. The summed E-state index contributed by atoms with van der Waals surface area (Å²) in [5.74, 6) is 0.392. The van der Waals surface area contributed by atoms with Crippen LogP contribution in [0.5, 0.6) is 34.5 Å². The third-order valence-corrected chi connectivity index (χ3v) is 7.18. The molecule has 0 fully saturated rings. The highest BCUT2D eigenvalue weighted by Gasteiger charge is 2.40. The molecule has 2 aliphatic rings. The van der Waals surface area contributed by atoms with Crippen LogP contribution in [-0.2, 0) is 4.79 Å². The first kappa shape index (κ1) is 26.0. The average Bonchev–Trinajstić information content (AvgIpc) is 3.30. The quantitative estimate of drug-likeness (QED) is 0.185. The van der Waals surface area contributed by atoms with Crippen LogP contribution in [0.2, 0.25) is 0 Å². The summed E-state index contributed by atoms with van der Waals surface area (Å²) in [4.78, 5) is 39.7. The maximum Gasteiger partial charge on any atom is 0.312 e. The number of fused-ring (bicyclic) bond motifs is 4. The molecule has 6 rings (SSSR count). The summed E-state index contributed by atoms with van der Waals surface area (Å²) in [6.07, 6.45) is 2.73. The van der Waals surface area contributed by atoms with Crippen molar-refractivity contribution >= 4 is 28.8 Å². The molecule has 4 aromatic rings. The van der Waals surface area contributed by atoms with Crippen molar-refractivity contribution < 1.29 is 42.4 Å². The molecule has 3 heterocycles. The summed E-state index contributed by atoms with van der Waals surface area (Å²) in [5, 5.41) is 0.299. The first-order valence-corrected chi connectivity index (χ1v) is 12.6. The van der Waals surface area contributed by atoms with Gasteiger partial charge in [0.05, 0.1) is 52.1 Å². The van der Waals surface area contributed by atoms with Gasteiger partial charge in [-0.25, -0.2) is 0 Å². The van der Waals surface area contributed by atoms with Crippen molar-refractivity contribution in [1.29, 1.82) is 0 Å². The predicted octanol–water partition coefficient (Wildman–Crippen LogP) is 4.88. The van der Waals surface area contributed by atoms with Crippen LogP contribution in [0.1, 0.15) is 39.4 Å². The van der Waals surface area contributed by atoms with Gasteiger partial charge in [-0.3, -0.25) is 14.4 Å². The molecule has 0 aliphatic carbocycles. The molecule has 2 aliphatic heterocycles. The molecular formula is C31H24O10. The Balaban J connectivity index is 1.48. The van der Waals surface area contributed by atoms with E-state index >= 15 is 0 Å². The number of methoxy groups -OCH3 is 4. The molecule has 0 radical (unpaired) electrons. The Kier molecular flexibility index (Phi) is 6.37. The van der Waals surface area contributed by atoms with Crippen molar-refractivity contribution in [3.63, 3.8) is 0 Å². The van der Waals surface area contributed by atoms with Gasteiger partial charge in [0.25, 0.3) is 0 Å². The summed E-state index contributed by atoms with van der Waals surface area (Å²) in [7, 11) is 5.97. The summed E-state index contributed by atoms with van der Waals surface area (Å²) in [6, 6.07) is 11.4. The van der Waals surface area contributed by atoms with Crippen LogP contribution in [0.15, 0.2) is 63.7 Å². The van der Waals surface area contributed by atoms with Gasteiger partial charge < -0.3 is 32.8 Å². The van der Waals surface area contributed by atoms with Gasteiger partial charge in [-0.2, -0.15) is 0 Å². The summed E-state index contributed by atoms with van der Waals surface area (Å²) in [5.41, 5.74) is 1.46. The van der Waals surface area contributed by atoms with Crippen LogP contribution in [0.4, 0.5) is 0 Å². The van der Waals surface area contributed by atoms with Crippen LogP contribution in [0.3, 0.4) is 0 Å². The molecule has 208 valence electrons. The minimum atomic E-state index is -0.782. The van der Waals surface area contributed by atoms with E-state index in [1.807, 2.05) is 0 Å². The maximum atomic E-state index is 13.6. The van der Waals surface area contributed by atoms with Gasteiger partial charge in [-0.05, 0) is 48.5 Å². The monoisotopic (exact) mass is 556 g/mol. The number of rotatable bonds is 6. The topological polar surface area (TPSA) is 120 Å². The molecular weight excluding hydrogens is 532 g/mol. The first-order chi connectivity index (χ1) is 19.9. The summed E-state index contributed by atoms with van der Waals surface area (Å²) >= 11 is 0. The molecule has 10 nitrogen and oxygen atoms in total. The Morgan fingerprint density at radius 1 is 0.854 bits per heavy atom. The van der Waals surface area contributed by atoms with E-state index < -0.39 is 11.9 Å². The number of Topliss-reactive ketones (excluding diaryl/α,β-unsaturated/α-hetero) is 1. The molecule has 1 aromatic heterocycles. The molecule has 3 aromatic carbocycles. The van der Waals surface area contributed by atoms with Crippen LogP contribution in [-0.4, -0.2) is 40.2 Å². The van der Waals surface area contributed by atoms with Gasteiger partial charge in [0, 0.05) is 22.6 Å². The Bertz CT molecular complexity index is 1830. The van der Waals surface area contributed by atoms with E-state index in [1.54, 1.807) is 30.3 Å². The second kappa shape index (κ2) is 10.1. The fourth-order valence-electron chi connectivity index (χ4n) is 5.24. The Morgan fingerprint density at radius 2 is 1.66 bits per heavy atom. The third kappa shape index (κ3) is 4.15. The van der Waals surface area contributed by atoms with Crippen LogP contribution in [0.25, 0.3) is 17.0 Å². The molecule has 10 heteroatoms. The molecule has 0 N–H and O–H groups in total. The molecule has 41 heavy (non-hydrogen) atoms. The number of ketones is 1. The Hall–Kier alpha value is -5.25. The number of carbonyl (C=O) groups excluding carboxylic acids is 2. The zero-order valence-corrected chi connectivity index (χ0v) is 22.6. The van der Waals surface area contributed by atoms with Gasteiger partial charge in [-0.15, -0.1) is 0 Å². The van der Waals surface area contributed by atoms with Crippen LogP contribution < -0.4 is 33.8 Å². The number of hydrogen-bond acceptors (Lipinski definition) is 10. The number of carbonyl (C=O) groups is 2. The molecule has 1 atom stereocenters. The third-order valence-electron chi connectivity index (χ3n) is 7.18. The van der Waals surface area contributed by atoms with Gasteiger partial charge in [-0.1, -0.05) is 0 Å². The van der Waals surface area contributed by atoms with Gasteiger partial charge in [0.1, 0.15) is 22.8 Å². The maximum absolute atomic E-state index is 13.6. The Labute approximate surface area is 233 Å². The van der Waals surface area contributed by atoms with E-state index in [0.717, 1.165) is 0 Å². The number of ether oxygens (including phenoxy) is 6. The largest absolute Gasteiger partial charge is 0.497 e. The van der Waals surface area contributed by atoms with E-state index in [2.05, 4.69) is 0 Å². The fraction of sp³-hybridized carbons (Fsp3) is 0.194. The molecule has 1 unspecified atom stereocenters. The molecule has 0 saturated heterocycles. The highest BCUT2D eigenvalue weighted by Crippen LogP contribution is 2.49. The lowest BCUT2D eigenvalue weighted by molar-refractivity contribution is -0.135. The minimum absolute atomic E-state index is 0.0184. The van der Waals surface area contributed by atoms with E-state index in [1.165, 1.54) is 52.9 Å². The zero-order chi connectivity index (χ0) is 28.8.